The van der Waals surface area contributed by atoms with Crippen LogP contribution in [0.2, 0.25) is 0 Å². The largest absolute Gasteiger partial charge is 0.489 e. The van der Waals surface area contributed by atoms with E-state index < -0.39 is 18.4 Å². The number of carboxylic acids is 1. The predicted molar refractivity (Wildman–Crippen MR) is 144 cm³/mol. The van der Waals surface area contributed by atoms with Crippen LogP contribution in [0.4, 0.5) is 4.39 Å². The van der Waals surface area contributed by atoms with Crippen LogP contribution in [0, 0.1) is 0 Å². The summed E-state index contributed by atoms with van der Waals surface area (Å²) in [5.74, 6) is -0.814. The van der Waals surface area contributed by atoms with Gasteiger partial charge in [-0.2, -0.15) is 0 Å². The molecule has 37 heavy (non-hydrogen) atoms. The molecule has 0 radical (unpaired) electrons. The smallest absolute Gasteiger partial charge is 0.341 e. The van der Waals surface area contributed by atoms with E-state index in [2.05, 4.69) is 55.2 Å². The van der Waals surface area contributed by atoms with E-state index in [-0.39, 0.29) is 23.8 Å². The lowest BCUT2D eigenvalue weighted by molar-refractivity contribution is -0.140. The molecule has 6 heteroatoms. The number of hydrogen-bond acceptors (Lipinski definition) is 4. The van der Waals surface area contributed by atoms with Crippen molar-refractivity contribution in [2.45, 2.75) is 38.3 Å². The number of carboxylic acid groups (broad SMARTS) is 1. The summed E-state index contributed by atoms with van der Waals surface area (Å²) >= 11 is 0. The second-order valence-corrected chi connectivity index (χ2v) is 9.30. The fourth-order valence-corrected chi connectivity index (χ4v) is 4.77. The molecule has 0 aromatic heterocycles. The van der Waals surface area contributed by atoms with Gasteiger partial charge >= 0.3 is 5.97 Å². The minimum absolute atomic E-state index is 0.0960. The van der Waals surface area contributed by atoms with Crippen LogP contribution in [0.15, 0.2) is 103 Å². The van der Waals surface area contributed by atoms with Crippen LogP contribution in [0.25, 0.3) is 10.8 Å². The molecule has 3 aromatic carbocycles. The maximum Gasteiger partial charge on any atom is 0.341 e. The zero-order valence-corrected chi connectivity index (χ0v) is 21.1. The maximum absolute atomic E-state index is 13.6. The minimum Gasteiger partial charge on any atom is -0.489 e. The molecule has 0 spiro atoms. The Morgan fingerprint density at radius 1 is 1.16 bits per heavy atom. The highest BCUT2D eigenvalue weighted by Crippen LogP contribution is 2.40. The Bertz CT molecular complexity index is 1340. The third-order valence-electron chi connectivity index (χ3n) is 6.51. The number of benzene rings is 3. The van der Waals surface area contributed by atoms with Crippen molar-refractivity contribution in [2.75, 3.05) is 13.2 Å². The summed E-state index contributed by atoms with van der Waals surface area (Å²) in [6.07, 6.45) is 3.32. The number of aliphatic carboxylic acids is 1. The van der Waals surface area contributed by atoms with Crippen LogP contribution in [0.1, 0.15) is 43.4 Å². The molecule has 1 aliphatic rings. The minimum atomic E-state index is -1.13. The molecule has 3 aromatic rings. The van der Waals surface area contributed by atoms with Gasteiger partial charge in [0.25, 0.3) is 0 Å². The number of fused-ring (bicyclic) bond motifs is 2. The average Bonchev–Trinajstić information content (AvgIpc) is 2.89. The van der Waals surface area contributed by atoms with E-state index in [4.69, 9.17) is 14.6 Å². The van der Waals surface area contributed by atoms with Crippen LogP contribution in [-0.4, -0.2) is 30.3 Å². The Hall–Kier alpha value is -3.90. The normalized spacial score (nSPS) is 18.6. The van der Waals surface area contributed by atoms with Crippen LogP contribution in [0.5, 0.6) is 5.75 Å². The summed E-state index contributed by atoms with van der Waals surface area (Å²) in [7, 11) is 0. The fourth-order valence-electron chi connectivity index (χ4n) is 4.77. The second-order valence-electron chi connectivity index (χ2n) is 9.30. The first kappa shape index (κ1) is 26.2. The van der Waals surface area contributed by atoms with Crippen molar-refractivity contribution in [1.82, 2.24) is 5.32 Å². The van der Waals surface area contributed by atoms with Gasteiger partial charge in [0.15, 0.2) is 6.61 Å². The molecule has 0 fully saturated rings. The molecular formula is C31H32FNO4. The average molecular weight is 502 g/mol. The van der Waals surface area contributed by atoms with Crippen molar-refractivity contribution in [3.05, 3.63) is 114 Å². The molecule has 1 heterocycles. The molecule has 1 aliphatic heterocycles. The van der Waals surface area contributed by atoms with Crippen LogP contribution >= 0.6 is 0 Å². The van der Waals surface area contributed by atoms with Crippen molar-refractivity contribution < 1.29 is 23.8 Å². The molecular weight excluding hydrogens is 469 g/mol. The summed E-state index contributed by atoms with van der Waals surface area (Å²) in [4.78, 5) is 11.0. The summed E-state index contributed by atoms with van der Waals surface area (Å²) < 4.78 is 25.2. The number of halogens is 1. The summed E-state index contributed by atoms with van der Waals surface area (Å²) in [6, 6.07) is 22.6. The standard InChI is InChI=1S/C31H32FNO4/c1-20(15-24(16-21(2)32)36-19-31(34)35)29-17-25(37-30-14-7-6-12-28(29)30)18-33-22(3)26-13-8-10-23-9-4-5-11-27(23)26/h4-16,22,25,29,33H,1,17-19H2,2-3H3,(H,34,35)/b21-16+,24-15+/t22-,25-,29+/m1/s1. The van der Waals surface area contributed by atoms with Crippen molar-refractivity contribution in [3.8, 4) is 5.75 Å². The van der Waals surface area contributed by atoms with E-state index in [9.17, 15) is 9.18 Å². The Balaban J connectivity index is 1.52. The zero-order chi connectivity index (χ0) is 26.4. The van der Waals surface area contributed by atoms with Crippen molar-refractivity contribution in [3.63, 3.8) is 0 Å². The second kappa shape index (κ2) is 11.9. The van der Waals surface area contributed by atoms with Gasteiger partial charge in [0.05, 0.1) is 0 Å². The first-order chi connectivity index (χ1) is 17.8. The number of allylic oxidation sites excluding steroid dienone is 4. The lowest BCUT2D eigenvalue weighted by Gasteiger charge is -2.33. The number of para-hydroxylation sites is 1. The van der Waals surface area contributed by atoms with Crippen molar-refractivity contribution in [1.29, 1.82) is 0 Å². The highest BCUT2D eigenvalue weighted by Gasteiger charge is 2.30. The third-order valence-corrected chi connectivity index (χ3v) is 6.51. The van der Waals surface area contributed by atoms with Gasteiger partial charge in [0, 0.05) is 30.1 Å². The fraction of sp³-hybridized carbons (Fsp3) is 0.258. The van der Waals surface area contributed by atoms with Gasteiger partial charge < -0.3 is 19.9 Å². The number of rotatable bonds is 10. The van der Waals surface area contributed by atoms with Crippen LogP contribution < -0.4 is 10.1 Å². The Kier molecular flexibility index (Phi) is 8.41. The summed E-state index contributed by atoms with van der Waals surface area (Å²) in [5.41, 5.74) is 2.91. The van der Waals surface area contributed by atoms with Crippen LogP contribution in [-0.2, 0) is 9.53 Å². The molecule has 0 aliphatic carbocycles. The van der Waals surface area contributed by atoms with Gasteiger partial charge in [0.2, 0.25) is 0 Å². The van der Waals surface area contributed by atoms with Gasteiger partial charge in [0.1, 0.15) is 23.4 Å². The number of nitrogens with one attached hydrogen (secondary N) is 1. The molecule has 2 N–H and O–H groups in total. The van der Waals surface area contributed by atoms with Gasteiger partial charge in [-0.05, 0) is 54.3 Å². The van der Waals surface area contributed by atoms with Crippen LogP contribution in [0.3, 0.4) is 0 Å². The number of ether oxygens (including phenoxy) is 2. The molecule has 0 bridgehead atoms. The van der Waals surface area contributed by atoms with E-state index in [1.54, 1.807) is 6.08 Å². The van der Waals surface area contributed by atoms with E-state index in [0.717, 1.165) is 11.3 Å². The monoisotopic (exact) mass is 501 g/mol. The van der Waals surface area contributed by atoms with E-state index in [1.165, 1.54) is 29.3 Å². The van der Waals surface area contributed by atoms with Gasteiger partial charge in [-0.25, -0.2) is 9.18 Å². The maximum atomic E-state index is 13.6. The third kappa shape index (κ3) is 6.66. The van der Waals surface area contributed by atoms with E-state index in [1.807, 2.05) is 30.3 Å². The predicted octanol–water partition coefficient (Wildman–Crippen LogP) is 6.84. The van der Waals surface area contributed by atoms with E-state index >= 15 is 0 Å². The first-order valence-electron chi connectivity index (χ1n) is 12.4. The van der Waals surface area contributed by atoms with Crippen molar-refractivity contribution in [2.24, 2.45) is 0 Å². The molecule has 0 amide bonds. The molecule has 192 valence electrons. The molecule has 0 unspecified atom stereocenters. The van der Waals surface area contributed by atoms with Gasteiger partial charge in [-0.1, -0.05) is 67.2 Å². The van der Waals surface area contributed by atoms with Gasteiger partial charge in [-0.3, -0.25) is 0 Å². The van der Waals surface area contributed by atoms with E-state index in [0.29, 0.717) is 18.5 Å². The topological polar surface area (TPSA) is 67.8 Å². The Morgan fingerprint density at radius 2 is 1.89 bits per heavy atom. The van der Waals surface area contributed by atoms with Crippen molar-refractivity contribution >= 4 is 16.7 Å². The highest BCUT2D eigenvalue weighted by molar-refractivity contribution is 5.86. The SMILES string of the molecule is C=C(/C=C(\C=C(/C)F)OCC(=O)O)[C@@H]1C[C@H](CN[C@H](C)c2cccc3ccccc23)Oc2ccccc21. The van der Waals surface area contributed by atoms with Gasteiger partial charge in [-0.15, -0.1) is 0 Å². The Morgan fingerprint density at radius 3 is 2.68 bits per heavy atom. The molecule has 5 nitrogen and oxygen atoms in total. The molecule has 0 saturated heterocycles. The number of carbonyl (C=O) groups is 1. The number of hydrogen-bond donors (Lipinski definition) is 2. The molecule has 0 saturated carbocycles. The summed E-state index contributed by atoms with van der Waals surface area (Å²) in [6.45, 7) is 7.72. The molecule has 3 atom stereocenters. The lowest BCUT2D eigenvalue weighted by atomic mass is 9.84. The first-order valence-corrected chi connectivity index (χ1v) is 12.4. The lowest BCUT2D eigenvalue weighted by Crippen LogP contribution is -2.37. The summed E-state index contributed by atoms with van der Waals surface area (Å²) in [5, 5.41) is 15.0. The quantitative estimate of drug-likeness (QED) is 0.235. The Labute approximate surface area is 216 Å². The zero-order valence-electron chi connectivity index (χ0n) is 21.1. The molecule has 4 rings (SSSR count). The highest BCUT2D eigenvalue weighted by atomic mass is 19.1.